The average Bonchev–Trinajstić information content (AvgIpc) is 2.16. The normalized spacial score (nSPS) is 10.2. The van der Waals surface area contributed by atoms with Crippen LogP contribution in [0.5, 0.6) is 0 Å². The lowest BCUT2D eigenvalue weighted by Gasteiger charge is -2.00. The molecule has 0 atom stereocenters. The van der Waals surface area contributed by atoms with E-state index in [1.807, 2.05) is 30.3 Å². The summed E-state index contributed by atoms with van der Waals surface area (Å²) in [4.78, 5) is 0. The second kappa shape index (κ2) is 2.94. The van der Waals surface area contributed by atoms with E-state index in [1.165, 1.54) is 5.39 Å². The SMILES string of the molecule is C=Cc1ccc2ccc(N)cc2c1. The first-order valence-corrected chi connectivity index (χ1v) is 4.21. The van der Waals surface area contributed by atoms with Crippen LogP contribution in [0, 0.1) is 0 Å². The van der Waals surface area contributed by atoms with E-state index in [0.29, 0.717) is 0 Å². The number of fused-ring (bicyclic) bond motifs is 1. The molecule has 2 N–H and O–H groups in total. The topological polar surface area (TPSA) is 26.0 Å². The van der Waals surface area contributed by atoms with Crippen molar-refractivity contribution >= 4 is 22.5 Å². The molecule has 0 amide bonds. The molecule has 0 unspecified atom stereocenters. The van der Waals surface area contributed by atoms with E-state index in [-0.39, 0.29) is 0 Å². The maximum atomic E-state index is 5.69. The van der Waals surface area contributed by atoms with E-state index >= 15 is 0 Å². The summed E-state index contributed by atoms with van der Waals surface area (Å²) >= 11 is 0. The van der Waals surface area contributed by atoms with Crippen molar-refractivity contribution in [2.45, 2.75) is 0 Å². The Labute approximate surface area is 77.5 Å². The average molecular weight is 169 g/mol. The minimum Gasteiger partial charge on any atom is -0.399 e. The zero-order valence-corrected chi connectivity index (χ0v) is 7.33. The molecule has 0 aliphatic carbocycles. The molecule has 0 radical (unpaired) electrons. The molecule has 0 fully saturated rings. The van der Waals surface area contributed by atoms with Crippen LogP contribution >= 0.6 is 0 Å². The summed E-state index contributed by atoms with van der Waals surface area (Å²) in [5.41, 5.74) is 7.61. The summed E-state index contributed by atoms with van der Waals surface area (Å²) < 4.78 is 0. The van der Waals surface area contributed by atoms with Crippen LogP contribution in [0.1, 0.15) is 5.56 Å². The van der Waals surface area contributed by atoms with Crippen LogP contribution in [-0.2, 0) is 0 Å². The second-order valence-corrected chi connectivity index (χ2v) is 3.07. The Balaban J connectivity index is 2.74. The molecular formula is C12H11N. The first kappa shape index (κ1) is 7.87. The van der Waals surface area contributed by atoms with E-state index in [9.17, 15) is 0 Å². The fourth-order valence-electron chi connectivity index (χ4n) is 1.41. The van der Waals surface area contributed by atoms with E-state index in [1.54, 1.807) is 0 Å². The minimum atomic E-state index is 0.800. The van der Waals surface area contributed by atoms with Gasteiger partial charge in [-0.05, 0) is 34.5 Å². The summed E-state index contributed by atoms with van der Waals surface area (Å²) in [5, 5.41) is 2.37. The number of hydrogen-bond acceptors (Lipinski definition) is 1. The van der Waals surface area contributed by atoms with Crippen LogP contribution in [0.15, 0.2) is 43.0 Å². The molecule has 0 bridgehead atoms. The van der Waals surface area contributed by atoms with Crippen LogP contribution in [0.3, 0.4) is 0 Å². The third-order valence-corrected chi connectivity index (χ3v) is 2.12. The fraction of sp³-hybridized carbons (Fsp3) is 0. The van der Waals surface area contributed by atoms with Gasteiger partial charge in [0.05, 0.1) is 0 Å². The predicted octanol–water partition coefficient (Wildman–Crippen LogP) is 3.07. The Morgan fingerprint density at radius 1 is 1.00 bits per heavy atom. The van der Waals surface area contributed by atoms with Gasteiger partial charge in [0.2, 0.25) is 0 Å². The molecule has 2 aromatic carbocycles. The van der Waals surface area contributed by atoms with Crippen molar-refractivity contribution in [3.63, 3.8) is 0 Å². The van der Waals surface area contributed by atoms with E-state index in [0.717, 1.165) is 16.6 Å². The molecule has 0 aromatic heterocycles. The predicted molar refractivity (Wildman–Crippen MR) is 58.5 cm³/mol. The molecule has 1 heteroatoms. The summed E-state index contributed by atoms with van der Waals surface area (Å²) in [6.07, 6.45) is 1.84. The van der Waals surface area contributed by atoms with Crippen LogP contribution in [0.25, 0.3) is 16.8 Å². The van der Waals surface area contributed by atoms with Crippen LogP contribution in [0.2, 0.25) is 0 Å². The maximum Gasteiger partial charge on any atom is 0.0320 e. The largest absolute Gasteiger partial charge is 0.399 e. The Bertz CT molecular complexity index is 458. The highest BCUT2D eigenvalue weighted by atomic mass is 14.5. The van der Waals surface area contributed by atoms with Gasteiger partial charge in [0.15, 0.2) is 0 Å². The zero-order chi connectivity index (χ0) is 9.26. The molecule has 0 saturated heterocycles. The molecule has 64 valence electrons. The molecular weight excluding hydrogens is 158 g/mol. The molecule has 0 spiro atoms. The first-order valence-electron chi connectivity index (χ1n) is 4.21. The molecule has 0 aliphatic heterocycles. The lowest BCUT2D eigenvalue weighted by molar-refractivity contribution is 1.70. The quantitative estimate of drug-likeness (QED) is 0.652. The van der Waals surface area contributed by atoms with E-state index in [2.05, 4.69) is 18.7 Å². The van der Waals surface area contributed by atoms with Gasteiger partial charge in [0, 0.05) is 5.69 Å². The van der Waals surface area contributed by atoms with E-state index in [4.69, 9.17) is 5.73 Å². The monoisotopic (exact) mass is 169 g/mol. The first-order chi connectivity index (χ1) is 6.29. The van der Waals surface area contributed by atoms with Crippen molar-refractivity contribution in [1.82, 2.24) is 0 Å². The summed E-state index contributed by atoms with van der Waals surface area (Å²) in [6.45, 7) is 3.73. The summed E-state index contributed by atoms with van der Waals surface area (Å²) in [5.74, 6) is 0. The third kappa shape index (κ3) is 1.41. The Kier molecular flexibility index (Phi) is 1.78. The number of nitrogens with two attached hydrogens (primary N) is 1. The number of anilines is 1. The van der Waals surface area contributed by atoms with Crippen LogP contribution < -0.4 is 5.73 Å². The van der Waals surface area contributed by atoms with Gasteiger partial charge in [0.1, 0.15) is 0 Å². The third-order valence-electron chi connectivity index (χ3n) is 2.12. The Hall–Kier alpha value is -1.76. The number of hydrogen-bond donors (Lipinski definition) is 1. The summed E-state index contributed by atoms with van der Waals surface area (Å²) in [6, 6.07) is 12.1. The highest BCUT2D eigenvalue weighted by molar-refractivity contribution is 5.87. The van der Waals surface area contributed by atoms with Crippen LogP contribution in [-0.4, -0.2) is 0 Å². The van der Waals surface area contributed by atoms with Gasteiger partial charge in [-0.15, -0.1) is 0 Å². The number of benzene rings is 2. The lowest BCUT2D eigenvalue weighted by Crippen LogP contribution is -1.83. The molecule has 13 heavy (non-hydrogen) atoms. The highest BCUT2D eigenvalue weighted by Gasteiger charge is 1.94. The molecule has 2 aromatic rings. The highest BCUT2D eigenvalue weighted by Crippen LogP contribution is 2.19. The number of nitrogen functional groups attached to an aromatic ring is 1. The number of rotatable bonds is 1. The molecule has 0 heterocycles. The maximum absolute atomic E-state index is 5.69. The van der Waals surface area contributed by atoms with Gasteiger partial charge < -0.3 is 5.73 Å². The smallest absolute Gasteiger partial charge is 0.0320 e. The second-order valence-electron chi connectivity index (χ2n) is 3.07. The van der Waals surface area contributed by atoms with Gasteiger partial charge in [-0.1, -0.05) is 30.9 Å². The van der Waals surface area contributed by atoms with Gasteiger partial charge >= 0.3 is 0 Å². The standard InChI is InChI=1S/C12H11N/c1-2-9-3-4-10-5-6-12(13)8-11(10)7-9/h2-8H,1,13H2. The van der Waals surface area contributed by atoms with Crippen molar-refractivity contribution in [2.75, 3.05) is 5.73 Å². The molecule has 1 nitrogen and oxygen atoms in total. The van der Waals surface area contributed by atoms with Gasteiger partial charge in [0.25, 0.3) is 0 Å². The van der Waals surface area contributed by atoms with Crippen LogP contribution in [0.4, 0.5) is 5.69 Å². The van der Waals surface area contributed by atoms with Crippen molar-refractivity contribution in [3.8, 4) is 0 Å². The van der Waals surface area contributed by atoms with Crippen molar-refractivity contribution in [3.05, 3.63) is 48.5 Å². The zero-order valence-electron chi connectivity index (χ0n) is 7.33. The lowest BCUT2D eigenvalue weighted by atomic mass is 10.1. The van der Waals surface area contributed by atoms with Gasteiger partial charge in [-0.2, -0.15) is 0 Å². The van der Waals surface area contributed by atoms with Gasteiger partial charge in [-0.25, -0.2) is 0 Å². The van der Waals surface area contributed by atoms with Crippen molar-refractivity contribution < 1.29 is 0 Å². The molecule has 2 rings (SSSR count). The molecule has 0 saturated carbocycles. The summed E-state index contributed by atoms with van der Waals surface area (Å²) in [7, 11) is 0. The van der Waals surface area contributed by atoms with Crippen molar-refractivity contribution in [1.29, 1.82) is 0 Å². The minimum absolute atomic E-state index is 0.800. The van der Waals surface area contributed by atoms with Crippen molar-refractivity contribution in [2.24, 2.45) is 0 Å². The Morgan fingerprint density at radius 2 is 1.77 bits per heavy atom. The van der Waals surface area contributed by atoms with Gasteiger partial charge in [-0.3, -0.25) is 0 Å². The van der Waals surface area contributed by atoms with E-state index < -0.39 is 0 Å². The Morgan fingerprint density at radius 3 is 2.54 bits per heavy atom. The fourth-order valence-corrected chi connectivity index (χ4v) is 1.41. The molecule has 0 aliphatic rings.